The Morgan fingerprint density at radius 3 is 2.53 bits per heavy atom. The van der Waals surface area contributed by atoms with Gasteiger partial charge < -0.3 is 10.0 Å². The van der Waals surface area contributed by atoms with Gasteiger partial charge in [0, 0.05) is 19.6 Å². The average Bonchev–Trinajstić information content (AvgIpc) is 2.54. The molecule has 1 N–H and O–H groups in total. The number of carboxylic acid groups (broad SMARTS) is 1. The van der Waals surface area contributed by atoms with Gasteiger partial charge in [0.15, 0.2) is 5.92 Å². The summed E-state index contributed by atoms with van der Waals surface area (Å²) in [6.45, 7) is 1.60. The molecule has 0 aromatic carbocycles. The van der Waals surface area contributed by atoms with E-state index < -0.39 is 30.5 Å². The molecule has 7 heteroatoms. The van der Waals surface area contributed by atoms with Crippen molar-refractivity contribution in [2.45, 2.75) is 13.1 Å². The number of rotatable bonds is 3. The van der Waals surface area contributed by atoms with Gasteiger partial charge >= 0.3 is 12.1 Å². The fraction of sp³-hybridized carbons (Fsp3) is 0.800. The number of nitrogens with zero attached hydrogens (tertiary/aromatic N) is 2. The number of hydrogen-bond acceptors (Lipinski definition) is 3. The minimum atomic E-state index is -4.56. The highest BCUT2D eigenvalue weighted by atomic mass is 19.4. The van der Waals surface area contributed by atoms with Gasteiger partial charge in [-0.25, -0.2) is 0 Å². The van der Waals surface area contributed by atoms with Crippen LogP contribution in [-0.4, -0.2) is 41.8 Å². The zero-order valence-electron chi connectivity index (χ0n) is 9.24. The van der Waals surface area contributed by atoms with Gasteiger partial charge in [-0.3, -0.25) is 4.79 Å². The highest BCUT2D eigenvalue weighted by Gasteiger charge is 2.43. The molecule has 0 spiro atoms. The molecule has 0 radical (unpaired) electrons. The Morgan fingerprint density at radius 1 is 1.59 bits per heavy atom. The Morgan fingerprint density at radius 2 is 2.18 bits per heavy atom. The lowest BCUT2D eigenvalue weighted by Gasteiger charge is -2.20. The lowest BCUT2D eigenvalue weighted by atomic mass is 9.99. The summed E-state index contributed by atoms with van der Waals surface area (Å²) < 4.78 is 37.1. The second kappa shape index (κ2) is 4.92. The molecule has 17 heavy (non-hydrogen) atoms. The van der Waals surface area contributed by atoms with Crippen molar-refractivity contribution in [1.82, 2.24) is 4.90 Å². The molecule has 0 amide bonds. The molecule has 0 bridgehead atoms. The molecule has 0 aromatic rings. The fourth-order valence-corrected chi connectivity index (χ4v) is 2.01. The van der Waals surface area contributed by atoms with Crippen molar-refractivity contribution in [3.8, 4) is 6.07 Å². The Hall–Kier alpha value is -1.29. The summed E-state index contributed by atoms with van der Waals surface area (Å²) in [6, 6.07) is 1.21. The number of hydrogen-bond donors (Lipinski definition) is 1. The third kappa shape index (κ3) is 3.33. The van der Waals surface area contributed by atoms with Crippen LogP contribution in [0.2, 0.25) is 0 Å². The van der Waals surface area contributed by atoms with Gasteiger partial charge in [0.2, 0.25) is 0 Å². The summed E-state index contributed by atoms with van der Waals surface area (Å²) in [5.74, 6) is -3.90. The van der Waals surface area contributed by atoms with Crippen LogP contribution in [0.3, 0.4) is 0 Å². The van der Waals surface area contributed by atoms with Crippen LogP contribution in [0, 0.1) is 29.1 Å². The maximum absolute atomic E-state index is 12.4. The van der Waals surface area contributed by atoms with E-state index in [1.54, 1.807) is 6.92 Å². The minimum Gasteiger partial charge on any atom is -0.481 e. The van der Waals surface area contributed by atoms with E-state index in [2.05, 4.69) is 0 Å². The lowest BCUT2D eigenvalue weighted by Crippen LogP contribution is -2.35. The summed E-state index contributed by atoms with van der Waals surface area (Å²) >= 11 is 0. The number of halogens is 3. The van der Waals surface area contributed by atoms with Crippen molar-refractivity contribution in [3.05, 3.63) is 0 Å². The Kier molecular flexibility index (Phi) is 3.98. The molecule has 0 saturated carbocycles. The van der Waals surface area contributed by atoms with Crippen LogP contribution in [0.4, 0.5) is 13.2 Å². The van der Waals surface area contributed by atoms with Crippen molar-refractivity contribution >= 4 is 5.97 Å². The highest BCUT2D eigenvalue weighted by Crippen LogP contribution is 2.29. The van der Waals surface area contributed by atoms with Crippen LogP contribution < -0.4 is 0 Å². The van der Waals surface area contributed by atoms with E-state index in [4.69, 9.17) is 10.4 Å². The molecular formula is C10H13F3N2O2. The number of carbonyl (C=O) groups is 1. The van der Waals surface area contributed by atoms with Crippen LogP contribution in [-0.2, 0) is 4.79 Å². The first-order valence-corrected chi connectivity index (χ1v) is 5.17. The summed E-state index contributed by atoms with van der Waals surface area (Å²) in [6.07, 6.45) is -4.56. The molecule has 1 aliphatic heterocycles. The van der Waals surface area contributed by atoms with Gasteiger partial charge in [0.25, 0.3) is 0 Å². The fourth-order valence-electron chi connectivity index (χ4n) is 2.01. The van der Waals surface area contributed by atoms with Crippen LogP contribution in [0.5, 0.6) is 0 Å². The molecule has 1 unspecified atom stereocenters. The SMILES string of the molecule is C[C@@H]1CN(CC(C#N)C(F)(F)F)C[C@H]1C(=O)O. The molecule has 0 aromatic heterocycles. The maximum Gasteiger partial charge on any atom is 0.405 e. The molecular weight excluding hydrogens is 237 g/mol. The zero-order chi connectivity index (χ0) is 13.2. The molecule has 1 rings (SSSR count). The normalized spacial score (nSPS) is 27.7. The van der Waals surface area contributed by atoms with Gasteiger partial charge in [-0.1, -0.05) is 6.92 Å². The molecule has 1 fully saturated rings. The van der Waals surface area contributed by atoms with Crippen molar-refractivity contribution < 1.29 is 23.1 Å². The Bertz CT molecular complexity index is 337. The van der Waals surface area contributed by atoms with E-state index in [1.807, 2.05) is 0 Å². The van der Waals surface area contributed by atoms with E-state index in [0.29, 0.717) is 0 Å². The van der Waals surface area contributed by atoms with Gasteiger partial charge in [0.05, 0.1) is 12.0 Å². The third-order valence-electron chi connectivity index (χ3n) is 3.00. The van der Waals surface area contributed by atoms with Crippen molar-refractivity contribution in [1.29, 1.82) is 5.26 Å². The van der Waals surface area contributed by atoms with E-state index in [0.717, 1.165) is 0 Å². The maximum atomic E-state index is 12.4. The largest absolute Gasteiger partial charge is 0.481 e. The van der Waals surface area contributed by atoms with Crippen LogP contribution >= 0.6 is 0 Å². The summed E-state index contributed by atoms with van der Waals surface area (Å²) in [5.41, 5.74) is 0. The molecule has 4 nitrogen and oxygen atoms in total. The molecule has 96 valence electrons. The monoisotopic (exact) mass is 250 g/mol. The van der Waals surface area contributed by atoms with E-state index >= 15 is 0 Å². The van der Waals surface area contributed by atoms with Crippen LogP contribution in [0.25, 0.3) is 0 Å². The second-order valence-electron chi connectivity index (χ2n) is 4.36. The number of aliphatic carboxylic acids is 1. The number of carboxylic acids is 1. The number of likely N-dealkylation sites (tertiary alicyclic amines) is 1. The molecule has 1 saturated heterocycles. The summed E-state index contributed by atoms with van der Waals surface area (Å²) in [4.78, 5) is 12.2. The van der Waals surface area contributed by atoms with Gasteiger partial charge in [-0.2, -0.15) is 18.4 Å². The van der Waals surface area contributed by atoms with Crippen LogP contribution in [0.15, 0.2) is 0 Å². The van der Waals surface area contributed by atoms with Crippen molar-refractivity contribution in [2.75, 3.05) is 19.6 Å². The molecule has 1 heterocycles. The van der Waals surface area contributed by atoms with Gasteiger partial charge in [0.1, 0.15) is 0 Å². The Balaban J connectivity index is 2.61. The molecule has 1 aliphatic rings. The predicted molar refractivity (Wildman–Crippen MR) is 51.9 cm³/mol. The van der Waals surface area contributed by atoms with E-state index in [9.17, 15) is 18.0 Å². The quantitative estimate of drug-likeness (QED) is 0.821. The topological polar surface area (TPSA) is 64.3 Å². The average molecular weight is 250 g/mol. The summed E-state index contributed by atoms with van der Waals surface area (Å²) in [5, 5.41) is 17.3. The van der Waals surface area contributed by atoms with Gasteiger partial charge in [-0.15, -0.1) is 0 Å². The first kappa shape index (κ1) is 13.8. The third-order valence-corrected chi connectivity index (χ3v) is 3.00. The standard InChI is InChI=1S/C10H13F3N2O2/c1-6-3-15(5-8(6)9(16)17)4-7(2-14)10(11,12)13/h6-8H,3-5H2,1H3,(H,16,17)/t6-,7?,8-/m1/s1. The van der Waals surface area contributed by atoms with E-state index in [1.165, 1.54) is 11.0 Å². The number of nitriles is 1. The molecule has 0 aliphatic carbocycles. The minimum absolute atomic E-state index is 0.0742. The number of alkyl halides is 3. The summed E-state index contributed by atoms with van der Waals surface area (Å²) in [7, 11) is 0. The van der Waals surface area contributed by atoms with E-state index in [-0.39, 0.29) is 19.0 Å². The van der Waals surface area contributed by atoms with Crippen LogP contribution in [0.1, 0.15) is 6.92 Å². The highest BCUT2D eigenvalue weighted by molar-refractivity contribution is 5.71. The van der Waals surface area contributed by atoms with Gasteiger partial charge in [-0.05, 0) is 5.92 Å². The lowest BCUT2D eigenvalue weighted by molar-refractivity contribution is -0.162. The Labute approximate surface area is 96.6 Å². The van der Waals surface area contributed by atoms with Crippen molar-refractivity contribution in [2.24, 2.45) is 17.8 Å². The predicted octanol–water partition coefficient (Wildman–Crippen LogP) is 1.34. The van der Waals surface area contributed by atoms with Crippen molar-refractivity contribution in [3.63, 3.8) is 0 Å². The molecule has 3 atom stereocenters. The second-order valence-corrected chi connectivity index (χ2v) is 4.36. The zero-order valence-corrected chi connectivity index (χ0v) is 9.24. The first-order chi connectivity index (χ1) is 7.75. The first-order valence-electron chi connectivity index (χ1n) is 5.17. The smallest absolute Gasteiger partial charge is 0.405 e.